The Kier molecular flexibility index (Phi) is 5.56. The number of nitrogens with one attached hydrogen (secondary N) is 1. The van der Waals surface area contributed by atoms with Crippen molar-refractivity contribution in [2.75, 3.05) is 19.0 Å². The van der Waals surface area contributed by atoms with Crippen LogP contribution in [0.5, 0.6) is 11.6 Å². The van der Waals surface area contributed by atoms with Crippen molar-refractivity contribution in [2.24, 2.45) is 0 Å². The molecule has 2 aromatic carbocycles. The van der Waals surface area contributed by atoms with Crippen LogP contribution in [0.4, 0.5) is 10.1 Å². The van der Waals surface area contributed by atoms with Gasteiger partial charge in [0.2, 0.25) is 5.88 Å². The average molecular weight is 406 g/mol. The maximum Gasteiger partial charge on any atom is 0.262 e. The highest BCUT2D eigenvalue weighted by atomic mass is 19.1. The summed E-state index contributed by atoms with van der Waals surface area (Å²) in [6, 6.07) is 15.1. The number of pyridine rings is 1. The fraction of sp³-hybridized carbons (Fsp3) is 0.136. The van der Waals surface area contributed by atoms with E-state index < -0.39 is 0 Å². The number of nitrogens with zero attached hydrogens (tertiary/aromatic N) is 3. The summed E-state index contributed by atoms with van der Waals surface area (Å²) in [6.07, 6.45) is 3.18. The van der Waals surface area contributed by atoms with Crippen LogP contribution < -0.4 is 14.8 Å². The number of benzene rings is 2. The normalized spacial score (nSPS) is 10.7. The van der Waals surface area contributed by atoms with Crippen LogP contribution in [0.1, 0.15) is 5.56 Å². The zero-order valence-corrected chi connectivity index (χ0v) is 16.2. The monoisotopic (exact) mass is 406 g/mol. The van der Waals surface area contributed by atoms with Gasteiger partial charge in [-0.15, -0.1) is 5.10 Å². The summed E-state index contributed by atoms with van der Waals surface area (Å²) < 4.78 is 26.0. The molecule has 0 radical (unpaired) electrons. The van der Waals surface area contributed by atoms with Gasteiger partial charge in [-0.3, -0.25) is 14.5 Å². The Balaban J connectivity index is 1.56. The SMILES string of the molecule is COc1ccc2c(c1)c(OCC(=O)Nc1ccncc1)nn2Cc1ccc(F)cc1. The summed E-state index contributed by atoms with van der Waals surface area (Å²) in [6.45, 7) is 0.220. The predicted octanol–water partition coefficient (Wildman–Crippen LogP) is 3.64. The number of carbonyl (C=O) groups is 1. The smallest absolute Gasteiger partial charge is 0.262 e. The average Bonchev–Trinajstić information content (AvgIpc) is 3.11. The second kappa shape index (κ2) is 8.60. The topological polar surface area (TPSA) is 78.3 Å². The molecule has 1 N–H and O–H groups in total. The molecule has 0 spiro atoms. The van der Waals surface area contributed by atoms with E-state index in [9.17, 15) is 9.18 Å². The van der Waals surface area contributed by atoms with E-state index in [-0.39, 0.29) is 18.3 Å². The molecule has 0 bridgehead atoms. The van der Waals surface area contributed by atoms with Crippen molar-refractivity contribution in [1.29, 1.82) is 0 Å². The maximum atomic E-state index is 13.2. The van der Waals surface area contributed by atoms with Gasteiger partial charge in [0.05, 0.1) is 24.6 Å². The molecular weight excluding hydrogens is 387 g/mol. The Labute approximate surface area is 172 Å². The molecule has 8 heteroatoms. The van der Waals surface area contributed by atoms with Gasteiger partial charge in [0.25, 0.3) is 5.91 Å². The Hall–Kier alpha value is -3.94. The Bertz CT molecular complexity index is 1160. The molecule has 4 rings (SSSR count). The van der Waals surface area contributed by atoms with Gasteiger partial charge in [-0.05, 0) is 48.0 Å². The van der Waals surface area contributed by atoms with Gasteiger partial charge in [0, 0.05) is 18.1 Å². The number of amides is 1. The van der Waals surface area contributed by atoms with Crippen LogP contribution in [0.2, 0.25) is 0 Å². The molecule has 2 heterocycles. The number of aromatic nitrogens is 3. The van der Waals surface area contributed by atoms with Crippen molar-refractivity contribution in [3.05, 3.63) is 78.4 Å². The van der Waals surface area contributed by atoms with Crippen molar-refractivity contribution in [1.82, 2.24) is 14.8 Å². The fourth-order valence-corrected chi connectivity index (χ4v) is 3.01. The zero-order valence-electron chi connectivity index (χ0n) is 16.2. The molecule has 2 aromatic heterocycles. The second-order valence-electron chi connectivity index (χ2n) is 6.55. The molecular formula is C22H19FN4O3. The lowest BCUT2D eigenvalue weighted by molar-refractivity contribution is -0.118. The number of halogens is 1. The minimum absolute atomic E-state index is 0.206. The summed E-state index contributed by atoms with van der Waals surface area (Å²) in [5, 5.41) is 7.97. The van der Waals surface area contributed by atoms with Crippen molar-refractivity contribution in [3.63, 3.8) is 0 Å². The van der Waals surface area contributed by atoms with Crippen LogP contribution in [-0.2, 0) is 11.3 Å². The van der Waals surface area contributed by atoms with Crippen molar-refractivity contribution >= 4 is 22.5 Å². The summed E-state index contributed by atoms with van der Waals surface area (Å²) in [7, 11) is 1.58. The largest absolute Gasteiger partial charge is 0.497 e. The number of ether oxygens (including phenoxy) is 2. The van der Waals surface area contributed by atoms with Gasteiger partial charge in [-0.1, -0.05) is 12.1 Å². The van der Waals surface area contributed by atoms with E-state index in [0.717, 1.165) is 11.1 Å². The molecule has 0 aliphatic rings. The summed E-state index contributed by atoms with van der Waals surface area (Å²) in [5.74, 6) is 0.356. The van der Waals surface area contributed by atoms with Crippen LogP contribution in [0.25, 0.3) is 10.9 Å². The third-order valence-corrected chi connectivity index (χ3v) is 4.47. The lowest BCUT2D eigenvalue weighted by Gasteiger charge is -2.06. The highest BCUT2D eigenvalue weighted by Crippen LogP contribution is 2.29. The Morgan fingerprint density at radius 3 is 2.60 bits per heavy atom. The summed E-state index contributed by atoms with van der Waals surface area (Å²) in [5.41, 5.74) is 2.33. The van der Waals surface area contributed by atoms with Gasteiger partial charge in [0.15, 0.2) is 6.61 Å². The standard InChI is InChI=1S/C22H19FN4O3/c1-29-18-6-7-20-19(12-18)22(26-27(20)13-15-2-4-16(23)5-3-15)30-14-21(28)25-17-8-10-24-11-9-17/h2-12H,13-14H2,1H3,(H,24,25,28). The minimum Gasteiger partial charge on any atom is -0.497 e. The van der Waals surface area contributed by atoms with Crippen molar-refractivity contribution < 1.29 is 18.7 Å². The predicted molar refractivity (Wildman–Crippen MR) is 110 cm³/mol. The van der Waals surface area contributed by atoms with Crippen LogP contribution in [-0.4, -0.2) is 34.4 Å². The van der Waals surface area contributed by atoms with Crippen LogP contribution >= 0.6 is 0 Å². The number of rotatable bonds is 7. The lowest BCUT2D eigenvalue weighted by atomic mass is 10.2. The van der Waals surface area contributed by atoms with E-state index in [1.165, 1.54) is 12.1 Å². The van der Waals surface area contributed by atoms with E-state index in [0.29, 0.717) is 29.2 Å². The minimum atomic E-state index is -0.315. The van der Waals surface area contributed by atoms with Gasteiger partial charge in [0.1, 0.15) is 11.6 Å². The number of hydrogen-bond donors (Lipinski definition) is 1. The highest BCUT2D eigenvalue weighted by Gasteiger charge is 2.15. The molecule has 0 atom stereocenters. The summed E-state index contributed by atoms with van der Waals surface area (Å²) in [4.78, 5) is 16.1. The Morgan fingerprint density at radius 2 is 1.87 bits per heavy atom. The number of methoxy groups -OCH3 is 1. The zero-order chi connectivity index (χ0) is 20.9. The first-order valence-corrected chi connectivity index (χ1v) is 9.24. The number of anilines is 1. The maximum absolute atomic E-state index is 13.2. The van der Waals surface area contributed by atoms with E-state index in [4.69, 9.17) is 9.47 Å². The first-order chi connectivity index (χ1) is 14.6. The van der Waals surface area contributed by atoms with Crippen molar-refractivity contribution in [3.8, 4) is 11.6 Å². The molecule has 7 nitrogen and oxygen atoms in total. The molecule has 0 fully saturated rings. The molecule has 152 valence electrons. The quantitative estimate of drug-likeness (QED) is 0.507. The molecule has 4 aromatic rings. The first-order valence-electron chi connectivity index (χ1n) is 9.24. The van der Waals surface area contributed by atoms with Gasteiger partial charge in [-0.25, -0.2) is 4.39 Å². The van der Waals surface area contributed by atoms with Gasteiger partial charge in [-0.2, -0.15) is 0 Å². The fourth-order valence-electron chi connectivity index (χ4n) is 3.01. The van der Waals surface area contributed by atoms with Crippen LogP contribution in [0.3, 0.4) is 0 Å². The number of carbonyl (C=O) groups excluding carboxylic acids is 1. The van der Waals surface area contributed by atoms with Crippen molar-refractivity contribution in [2.45, 2.75) is 6.54 Å². The molecule has 0 saturated carbocycles. The Morgan fingerprint density at radius 1 is 1.10 bits per heavy atom. The molecule has 0 aliphatic carbocycles. The first kappa shape index (κ1) is 19.4. The molecule has 1 amide bonds. The number of fused-ring (bicyclic) bond motifs is 1. The van der Waals surface area contributed by atoms with E-state index in [2.05, 4.69) is 15.4 Å². The van der Waals surface area contributed by atoms with E-state index in [1.54, 1.807) is 54.5 Å². The summed E-state index contributed by atoms with van der Waals surface area (Å²) >= 11 is 0. The van der Waals surface area contributed by atoms with Gasteiger partial charge < -0.3 is 14.8 Å². The highest BCUT2D eigenvalue weighted by molar-refractivity contribution is 5.92. The van der Waals surface area contributed by atoms with E-state index >= 15 is 0 Å². The third kappa shape index (κ3) is 4.38. The van der Waals surface area contributed by atoms with Crippen LogP contribution in [0, 0.1) is 5.82 Å². The second-order valence-corrected chi connectivity index (χ2v) is 6.55. The van der Waals surface area contributed by atoms with E-state index in [1.807, 2.05) is 12.1 Å². The lowest BCUT2D eigenvalue weighted by Crippen LogP contribution is -2.20. The molecule has 0 aliphatic heterocycles. The van der Waals surface area contributed by atoms with Crippen LogP contribution in [0.15, 0.2) is 67.0 Å². The number of hydrogen-bond acceptors (Lipinski definition) is 5. The molecule has 30 heavy (non-hydrogen) atoms. The molecule has 0 unspecified atom stereocenters. The van der Waals surface area contributed by atoms with Gasteiger partial charge >= 0.3 is 0 Å². The third-order valence-electron chi connectivity index (χ3n) is 4.47. The molecule has 0 saturated heterocycles.